The zero-order chi connectivity index (χ0) is 18.1. The van der Waals surface area contributed by atoms with Crippen LogP contribution in [0.4, 0.5) is 5.13 Å². The zero-order valence-corrected chi connectivity index (χ0v) is 16.3. The molecule has 8 heteroatoms. The number of hydrogen-bond donors (Lipinski definition) is 1. The van der Waals surface area contributed by atoms with Crippen LogP contribution in [0.25, 0.3) is 10.8 Å². The number of anilines is 1. The summed E-state index contributed by atoms with van der Waals surface area (Å²) in [5.41, 5.74) is 1.83. The lowest BCUT2D eigenvalue weighted by atomic mass is 9.89. The molecule has 3 heterocycles. The number of hydrogen-bond acceptors (Lipinski definition) is 7. The number of rotatable bonds is 4. The van der Waals surface area contributed by atoms with Crippen LogP contribution in [0.15, 0.2) is 18.5 Å². The van der Waals surface area contributed by atoms with Crippen molar-refractivity contribution < 1.29 is 4.79 Å². The molecule has 3 aromatic heterocycles. The molecule has 0 spiro atoms. The maximum Gasteiger partial charge on any atom is 0.269 e. The molecule has 0 radical (unpaired) electrons. The van der Waals surface area contributed by atoms with Crippen LogP contribution in [0.1, 0.15) is 45.7 Å². The lowest BCUT2D eigenvalue weighted by molar-refractivity contribution is 0.103. The Hall–Kier alpha value is -2.19. The van der Waals surface area contributed by atoms with E-state index >= 15 is 0 Å². The summed E-state index contributed by atoms with van der Waals surface area (Å²) in [5.74, 6) is 1.11. The molecule has 1 aliphatic carbocycles. The molecule has 3 aromatic rings. The molecule has 0 fully saturated rings. The van der Waals surface area contributed by atoms with Gasteiger partial charge in [-0.2, -0.15) is 0 Å². The summed E-state index contributed by atoms with van der Waals surface area (Å²) in [7, 11) is 0. The number of thiazole rings is 2. The smallest absolute Gasteiger partial charge is 0.269 e. The summed E-state index contributed by atoms with van der Waals surface area (Å²) in [6.07, 6.45) is 7.81. The van der Waals surface area contributed by atoms with E-state index < -0.39 is 0 Å². The average molecular weight is 386 g/mol. The van der Waals surface area contributed by atoms with Crippen molar-refractivity contribution in [3.8, 4) is 10.8 Å². The van der Waals surface area contributed by atoms with E-state index in [-0.39, 0.29) is 5.91 Å². The molecule has 0 saturated heterocycles. The van der Waals surface area contributed by atoms with E-state index in [1.165, 1.54) is 29.1 Å². The Morgan fingerprint density at radius 1 is 1.27 bits per heavy atom. The van der Waals surface area contributed by atoms with Crippen molar-refractivity contribution in [2.45, 2.75) is 39.5 Å². The van der Waals surface area contributed by atoms with Gasteiger partial charge in [0.15, 0.2) is 16.0 Å². The van der Waals surface area contributed by atoms with Crippen LogP contribution in [0, 0.1) is 12.8 Å². The molecule has 1 N–H and O–H groups in total. The second kappa shape index (κ2) is 7.20. The van der Waals surface area contributed by atoms with Gasteiger partial charge in [-0.3, -0.25) is 10.1 Å². The van der Waals surface area contributed by atoms with E-state index in [0.29, 0.717) is 26.5 Å². The summed E-state index contributed by atoms with van der Waals surface area (Å²) in [4.78, 5) is 32.1. The van der Waals surface area contributed by atoms with Crippen molar-refractivity contribution in [1.82, 2.24) is 19.9 Å². The van der Waals surface area contributed by atoms with Crippen molar-refractivity contribution >= 4 is 33.7 Å². The Morgan fingerprint density at radius 2 is 2.08 bits per heavy atom. The van der Waals surface area contributed by atoms with E-state index in [9.17, 15) is 4.79 Å². The zero-order valence-electron chi connectivity index (χ0n) is 14.7. The highest BCUT2D eigenvalue weighted by Crippen LogP contribution is 2.34. The summed E-state index contributed by atoms with van der Waals surface area (Å²) >= 11 is 2.91. The molecule has 0 aliphatic heterocycles. The summed E-state index contributed by atoms with van der Waals surface area (Å²) in [6.45, 7) is 4.07. The highest BCUT2D eigenvalue weighted by Gasteiger charge is 2.23. The number of carbonyl (C=O) groups is 1. The Balaban J connectivity index is 1.53. The number of aromatic nitrogens is 4. The molecule has 0 aromatic carbocycles. The van der Waals surface area contributed by atoms with Gasteiger partial charge in [-0.15, -0.1) is 22.7 Å². The van der Waals surface area contributed by atoms with Crippen molar-refractivity contribution in [2.24, 2.45) is 5.92 Å². The maximum absolute atomic E-state index is 12.7. The first-order valence-corrected chi connectivity index (χ1v) is 10.3. The highest BCUT2D eigenvalue weighted by atomic mass is 32.1. The third kappa shape index (κ3) is 3.39. The molecule has 0 saturated carbocycles. The van der Waals surface area contributed by atoms with Gasteiger partial charge < -0.3 is 0 Å². The van der Waals surface area contributed by atoms with Crippen LogP contribution in [-0.2, 0) is 12.8 Å². The van der Waals surface area contributed by atoms with Crippen LogP contribution in [-0.4, -0.2) is 25.8 Å². The number of fused-ring (bicyclic) bond motifs is 1. The number of nitrogens with zero attached hydrogens (tertiary/aromatic N) is 4. The van der Waals surface area contributed by atoms with Crippen LogP contribution in [0.5, 0.6) is 0 Å². The van der Waals surface area contributed by atoms with Crippen molar-refractivity contribution in [3.63, 3.8) is 0 Å². The van der Waals surface area contributed by atoms with E-state index in [1.807, 2.05) is 6.92 Å². The van der Waals surface area contributed by atoms with Crippen LogP contribution in [0.2, 0.25) is 0 Å². The Morgan fingerprint density at radius 3 is 2.85 bits per heavy atom. The summed E-state index contributed by atoms with van der Waals surface area (Å²) in [6, 6.07) is 1.75. The van der Waals surface area contributed by atoms with Crippen molar-refractivity contribution in [3.05, 3.63) is 39.6 Å². The molecule has 1 amide bonds. The minimum Gasteiger partial charge on any atom is -0.297 e. The van der Waals surface area contributed by atoms with E-state index in [2.05, 4.69) is 32.2 Å². The van der Waals surface area contributed by atoms with Crippen LogP contribution < -0.4 is 5.32 Å². The molecule has 134 valence electrons. The van der Waals surface area contributed by atoms with Gasteiger partial charge in [0.25, 0.3) is 5.91 Å². The van der Waals surface area contributed by atoms with Crippen molar-refractivity contribution in [1.29, 1.82) is 0 Å². The molecular weight excluding hydrogens is 366 g/mol. The first kappa shape index (κ1) is 17.2. The van der Waals surface area contributed by atoms with Gasteiger partial charge in [0, 0.05) is 17.3 Å². The number of aryl methyl sites for hydroxylation is 2. The molecule has 6 nitrogen and oxygen atoms in total. The normalized spacial score (nSPS) is 16.3. The molecule has 4 rings (SSSR count). The lowest BCUT2D eigenvalue weighted by Gasteiger charge is -2.18. The van der Waals surface area contributed by atoms with Crippen molar-refractivity contribution in [2.75, 3.05) is 5.32 Å². The van der Waals surface area contributed by atoms with Gasteiger partial charge in [-0.05, 0) is 38.2 Å². The minimum atomic E-state index is -0.166. The fourth-order valence-corrected chi connectivity index (χ4v) is 5.14. The Kier molecular flexibility index (Phi) is 4.78. The monoisotopic (exact) mass is 385 g/mol. The highest BCUT2D eigenvalue weighted by molar-refractivity contribution is 7.17. The van der Waals surface area contributed by atoms with Crippen LogP contribution >= 0.6 is 22.7 Å². The molecule has 0 bridgehead atoms. The second-order valence-electron chi connectivity index (χ2n) is 6.37. The standard InChI is InChI=1S/C18H19N5OS2/c1-3-11-5-6-12-13(9-11)25-18(22-12)23-16(24)14-10(2)21-17(26-14)15-19-7-4-8-20-15/h4,7-8,11H,3,5-6,9H2,1-2H3,(H,22,23,24). The Bertz CT molecular complexity index is 934. The minimum absolute atomic E-state index is 0.166. The first-order valence-electron chi connectivity index (χ1n) is 8.68. The third-order valence-electron chi connectivity index (χ3n) is 4.60. The summed E-state index contributed by atoms with van der Waals surface area (Å²) < 4.78 is 0. The lowest BCUT2D eigenvalue weighted by Crippen LogP contribution is -2.12. The predicted octanol–water partition coefficient (Wildman–Crippen LogP) is 4.13. The maximum atomic E-state index is 12.7. The first-order chi connectivity index (χ1) is 12.6. The predicted molar refractivity (Wildman–Crippen MR) is 104 cm³/mol. The summed E-state index contributed by atoms with van der Waals surface area (Å²) in [5, 5.41) is 4.28. The Labute approximate surface area is 159 Å². The average Bonchev–Trinajstić information content (AvgIpc) is 3.24. The second-order valence-corrected chi connectivity index (χ2v) is 8.45. The topological polar surface area (TPSA) is 80.7 Å². The number of amides is 1. The van der Waals surface area contributed by atoms with E-state index in [1.54, 1.807) is 29.8 Å². The molecule has 1 unspecified atom stereocenters. The SMILES string of the molecule is CCC1CCc2nc(NC(=O)c3sc(-c4ncccn4)nc3C)sc2C1. The fraction of sp³-hybridized carbons (Fsp3) is 0.389. The van der Waals surface area contributed by atoms with Crippen LogP contribution in [0.3, 0.4) is 0 Å². The van der Waals surface area contributed by atoms with Gasteiger partial charge in [-0.1, -0.05) is 13.3 Å². The van der Waals surface area contributed by atoms with Gasteiger partial charge in [0.2, 0.25) is 0 Å². The van der Waals surface area contributed by atoms with E-state index in [0.717, 1.165) is 24.5 Å². The molecule has 26 heavy (non-hydrogen) atoms. The largest absolute Gasteiger partial charge is 0.297 e. The fourth-order valence-electron chi connectivity index (χ4n) is 3.11. The molecule has 1 aliphatic rings. The number of carbonyl (C=O) groups excluding carboxylic acids is 1. The molecular formula is C18H19N5OS2. The van der Waals surface area contributed by atoms with Gasteiger partial charge in [0.05, 0.1) is 11.4 Å². The molecule has 1 atom stereocenters. The quantitative estimate of drug-likeness (QED) is 0.730. The number of nitrogens with one attached hydrogen (secondary N) is 1. The van der Waals surface area contributed by atoms with Gasteiger partial charge in [0.1, 0.15) is 4.88 Å². The van der Waals surface area contributed by atoms with E-state index in [4.69, 9.17) is 0 Å². The van der Waals surface area contributed by atoms with Gasteiger partial charge >= 0.3 is 0 Å². The van der Waals surface area contributed by atoms with Gasteiger partial charge in [-0.25, -0.2) is 19.9 Å². The third-order valence-corrected chi connectivity index (χ3v) is 6.79.